The van der Waals surface area contributed by atoms with Crippen molar-refractivity contribution >= 4 is 17.9 Å². The van der Waals surface area contributed by atoms with Crippen LogP contribution in [0.3, 0.4) is 0 Å². The van der Waals surface area contributed by atoms with E-state index in [4.69, 9.17) is 14.2 Å². The van der Waals surface area contributed by atoms with Gasteiger partial charge >= 0.3 is 0 Å². The van der Waals surface area contributed by atoms with Gasteiger partial charge in [0.2, 0.25) is 5.79 Å². The molecule has 0 fully saturated rings. The van der Waals surface area contributed by atoms with E-state index in [9.17, 15) is 4.79 Å². The molecule has 0 aliphatic carbocycles. The molecule has 26 heavy (non-hydrogen) atoms. The molecule has 0 saturated heterocycles. The number of allylic oxidation sites excluding steroid dienone is 1. The summed E-state index contributed by atoms with van der Waals surface area (Å²) in [7, 11) is 1.62. The maximum Gasteiger partial charge on any atom is 0.238 e. The molecule has 1 heterocycles. The molecule has 1 unspecified atom stereocenters. The van der Waals surface area contributed by atoms with Crippen LogP contribution in [-0.2, 0) is 9.53 Å². The van der Waals surface area contributed by atoms with Crippen molar-refractivity contribution in [2.45, 2.75) is 19.6 Å². The number of ketones is 1. The lowest BCUT2D eigenvalue weighted by Crippen LogP contribution is -2.42. The highest BCUT2D eigenvalue weighted by Gasteiger charge is 2.38. The summed E-state index contributed by atoms with van der Waals surface area (Å²) in [6, 6.07) is 15.1. The van der Waals surface area contributed by atoms with Gasteiger partial charge in [-0.05, 0) is 42.8 Å². The Labute approximate surface area is 153 Å². The molecule has 0 bridgehead atoms. The predicted molar refractivity (Wildman–Crippen MR) is 102 cm³/mol. The first-order chi connectivity index (χ1) is 12.6. The smallest absolute Gasteiger partial charge is 0.238 e. The lowest BCUT2D eigenvalue weighted by molar-refractivity contribution is -0.146. The van der Waals surface area contributed by atoms with E-state index >= 15 is 0 Å². The van der Waals surface area contributed by atoms with E-state index in [1.807, 2.05) is 61.5 Å². The van der Waals surface area contributed by atoms with Crippen LogP contribution in [0.4, 0.5) is 0 Å². The molecular formula is C22H22O4. The summed E-state index contributed by atoms with van der Waals surface area (Å²) in [6.07, 6.45) is 5.16. The molecule has 3 rings (SSSR count). The largest absolute Gasteiger partial charge is 0.497 e. The summed E-state index contributed by atoms with van der Waals surface area (Å²) < 4.78 is 16.9. The predicted octanol–water partition coefficient (Wildman–Crippen LogP) is 4.51. The number of fused-ring (bicyclic) bond motifs is 1. The first kappa shape index (κ1) is 18.0. The standard InChI is InChI=1S/C22H22O4/c1-4-25-22(2)19(15-17-7-5-6-8-21(17)26-22)20(23)14-11-16-9-12-18(24-3)13-10-16/h5-15H,4H2,1-3H3/b14-11+. The summed E-state index contributed by atoms with van der Waals surface area (Å²) in [4.78, 5) is 12.9. The fraction of sp³-hybridized carbons (Fsp3) is 0.227. The van der Waals surface area contributed by atoms with Crippen molar-refractivity contribution in [2.75, 3.05) is 13.7 Å². The van der Waals surface area contributed by atoms with Crippen molar-refractivity contribution in [1.29, 1.82) is 0 Å². The van der Waals surface area contributed by atoms with Crippen molar-refractivity contribution < 1.29 is 19.0 Å². The molecule has 1 aliphatic heterocycles. The molecule has 134 valence electrons. The zero-order chi connectivity index (χ0) is 18.6. The quantitative estimate of drug-likeness (QED) is 0.719. The average Bonchev–Trinajstić information content (AvgIpc) is 2.66. The zero-order valence-electron chi connectivity index (χ0n) is 15.2. The molecule has 0 aromatic heterocycles. The lowest BCUT2D eigenvalue weighted by Gasteiger charge is -2.35. The summed E-state index contributed by atoms with van der Waals surface area (Å²) in [5, 5.41) is 0. The van der Waals surface area contributed by atoms with Gasteiger partial charge in [-0.3, -0.25) is 4.79 Å². The molecule has 0 radical (unpaired) electrons. The Balaban J connectivity index is 1.89. The number of rotatable bonds is 6. The van der Waals surface area contributed by atoms with E-state index in [1.54, 1.807) is 26.2 Å². The van der Waals surface area contributed by atoms with E-state index in [-0.39, 0.29) is 5.78 Å². The van der Waals surface area contributed by atoms with Crippen molar-refractivity contribution in [3.8, 4) is 11.5 Å². The molecule has 4 heteroatoms. The van der Waals surface area contributed by atoms with Crippen LogP contribution in [0.2, 0.25) is 0 Å². The number of hydrogen-bond donors (Lipinski definition) is 0. The number of carbonyl (C=O) groups excluding carboxylic acids is 1. The lowest BCUT2D eigenvalue weighted by atomic mass is 9.95. The number of hydrogen-bond acceptors (Lipinski definition) is 4. The van der Waals surface area contributed by atoms with E-state index in [2.05, 4.69) is 0 Å². The molecular weight excluding hydrogens is 328 g/mol. The van der Waals surface area contributed by atoms with Crippen LogP contribution in [0.5, 0.6) is 11.5 Å². The average molecular weight is 350 g/mol. The Hall–Kier alpha value is -2.85. The maximum absolute atomic E-state index is 12.9. The molecule has 2 aromatic carbocycles. The second-order valence-electron chi connectivity index (χ2n) is 6.05. The van der Waals surface area contributed by atoms with Gasteiger partial charge in [-0.1, -0.05) is 36.4 Å². The van der Waals surface area contributed by atoms with Gasteiger partial charge in [0.25, 0.3) is 0 Å². The van der Waals surface area contributed by atoms with Crippen molar-refractivity contribution in [2.24, 2.45) is 0 Å². The summed E-state index contributed by atoms with van der Waals surface area (Å²) in [5.74, 6) is 0.229. The molecule has 2 aromatic rings. The Morgan fingerprint density at radius 3 is 2.58 bits per heavy atom. The number of ether oxygens (including phenoxy) is 3. The first-order valence-electron chi connectivity index (χ1n) is 8.56. The number of methoxy groups -OCH3 is 1. The highest BCUT2D eigenvalue weighted by Crippen LogP contribution is 2.37. The highest BCUT2D eigenvalue weighted by atomic mass is 16.7. The fourth-order valence-electron chi connectivity index (χ4n) is 2.90. The molecule has 1 aliphatic rings. The van der Waals surface area contributed by atoms with E-state index in [0.717, 1.165) is 16.9 Å². The number of carbonyl (C=O) groups is 1. The van der Waals surface area contributed by atoms with Gasteiger partial charge in [0.1, 0.15) is 11.5 Å². The Morgan fingerprint density at radius 2 is 1.88 bits per heavy atom. The van der Waals surface area contributed by atoms with Gasteiger partial charge < -0.3 is 14.2 Å². The second kappa shape index (κ2) is 7.58. The van der Waals surface area contributed by atoms with Crippen LogP contribution in [0, 0.1) is 0 Å². The van der Waals surface area contributed by atoms with E-state index in [1.165, 1.54) is 0 Å². The SMILES string of the molecule is CCOC1(C)Oc2ccccc2C=C1C(=O)/C=C/c1ccc(OC)cc1. The van der Waals surface area contributed by atoms with Crippen molar-refractivity contribution in [1.82, 2.24) is 0 Å². The van der Waals surface area contributed by atoms with Gasteiger partial charge in [-0.15, -0.1) is 0 Å². The van der Waals surface area contributed by atoms with Gasteiger partial charge in [0.15, 0.2) is 5.78 Å². The summed E-state index contributed by atoms with van der Waals surface area (Å²) in [5.41, 5.74) is 2.25. The second-order valence-corrected chi connectivity index (χ2v) is 6.05. The topological polar surface area (TPSA) is 44.8 Å². The van der Waals surface area contributed by atoms with Crippen LogP contribution < -0.4 is 9.47 Å². The fourth-order valence-corrected chi connectivity index (χ4v) is 2.90. The van der Waals surface area contributed by atoms with Crippen molar-refractivity contribution in [3.05, 3.63) is 71.3 Å². The monoisotopic (exact) mass is 350 g/mol. The highest BCUT2D eigenvalue weighted by molar-refractivity contribution is 6.10. The normalized spacial score (nSPS) is 18.8. The minimum atomic E-state index is -1.11. The van der Waals surface area contributed by atoms with Gasteiger partial charge in [-0.2, -0.15) is 0 Å². The van der Waals surface area contributed by atoms with Crippen LogP contribution in [0.1, 0.15) is 25.0 Å². The van der Waals surface area contributed by atoms with Gasteiger partial charge in [0.05, 0.1) is 12.7 Å². The molecule has 1 atom stereocenters. The molecule has 0 N–H and O–H groups in total. The van der Waals surface area contributed by atoms with Crippen LogP contribution in [0.15, 0.2) is 60.2 Å². The van der Waals surface area contributed by atoms with E-state index < -0.39 is 5.79 Å². The zero-order valence-corrected chi connectivity index (χ0v) is 15.2. The minimum Gasteiger partial charge on any atom is -0.497 e. The Kier molecular flexibility index (Phi) is 5.24. The molecule has 4 nitrogen and oxygen atoms in total. The Morgan fingerprint density at radius 1 is 1.15 bits per heavy atom. The molecule has 0 amide bonds. The third-order valence-corrected chi connectivity index (χ3v) is 4.24. The maximum atomic E-state index is 12.9. The molecule has 0 saturated carbocycles. The summed E-state index contributed by atoms with van der Waals surface area (Å²) >= 11 is 0. The van der Waals surface area contributed by atoms with Crippen LogP contribution in [-0.4, -0.2) is 25.3 Å². The third kappa shape index (κ3) is 3.70. The van der Waals surface area contributed by atoms with Gasteiger partial charge in [-0.25, -0.2) is 0 Å². The van der Waals surface area contributed by atoms with Crippen molar-refractivity contribution in [3.63, 3.8) is 0 Å². The third-order valence-electron chi connectivity index (χ3n) is 4.24. The number of benzene rings is 2. The first-order valence-corrected chi connectivity index (χ1v) is 8.56. The molecule has 0 spiro atoms. The Bertz CT molecular complexity index is 849. The van der Waals surface area contributed by atoms with E-state index in [0.29, 0.717) is 17.9 Å². The van der Waals surface area contributed by atoms with Crippen LogP contribution >= 0.6 is 0 Å². The number of para-hydroxylation sites is 1. The van der Waals surface area contributed by atoms with Crippen LogP contribution in [0.25, 0.3) is 12.2 Å². The minimum absolute atomic E-state index is 0.147. The summed E-state index contributed by atoms with van der Waals surface area (Å²) in [6.45, 7) is 4.09. The van der Waals surface area contributed by atoms with Gasteiger partial charge in [0, 0.05) is 19.1 Å².